The van der Waals surface area contributed by atoms with Gasteiger partial charge in [-0.3, -0.25) is 4.72 Å². The van der Waals surface area contributed by atoms with E-state index in [1.54, 1.807) is 18.3 Å². The number of hydrogen-bond donors (Lipinski definition) is 3. The minimum Gasteiger partial charge on any atom is -0.358 e. The molecule has 144 valence electrons. The van der Waals surface area contributed by atoms with Crippen LogP contribution in [0.25, 0.3) is 10.9 Å². The van der Waals surface area contributed by atoms with Gasteiger partial charge >= 0.3 is 0 Å². The van der Waals surface area contributed by atoms with Crippen molar-refractivity contribution in [1.82, 2.24) is 15.0 Å². The van der Waals surface area contributed by atoms with E-state index in [0.29, 0.717) is 22.2 Å². The summed E-state index contributed by atoms with van der Waals surface area (Å²) in [5.41, 5.74) is 3.02. The number of nitrogens with one attached hydrogen (secondary N) is 3. The van der Waals surface area contributed by atoms with Crippen LogP contribution in [0, 0.1) is 18.3 Å². The Hall–Kier alpha value is -3.90. The van der Waals surface area contributed by atoms with Crippen molar-refractivity contribution in [3.8, 4) is 6.07 Å². The smallest absolute Gasteiger partial charge is 0.265 e. The molecule has 0 spiro atoms. The quantitative estimate of drug-likeness (QED) is 0.466. The van der Waals surface area contributed by atoms with Gasteiger partial charge in [0.2, 0.25) is 5.95 Å². The molecule has 2 heterocycles. The van der Waals surface area contributed by atoms with E-state index in [1.165, 1.54) is 12.4 Å². The number of para-hydroxylation sites is 1. The lowest BCUT2D eigenvalue weighted by molar-refractivity contribution is 0.600. The van der Waals surface area contributed by atoms with Crippen molar-refractivity contribution in [3.05, 3.63) is 72.2 Å². The second kappa shape index (κ2) is 7.26. The Morgan fingerprint density at radius 2 is 1.79 bits per heavy atom. The first kappa shape index (κ1) is 18.5. The van der Waals surface area contributed by atoms with Crippen molar-refractivity contribution in [2.24, 2.45) is 0 Å². The van der Waals surface area contributed by atoms with Crippen LogP contribution in [0.1, 0.15) is 11.1 Å². The van der Waals surface area contributed by atoms with Gasteiger partial charge < -0.3 is 10.3 Å². The van der Waals surface area contributed by atoms with Gasteiger partial charge in [-0.15, -0.1) is 0 Å². The molecule has 4 aromatic rings. The van der Waals surface area contributed by atoms with Gasteiger partial charge in [-0.1, -0.05) is 24.3 Å². The molecule has 2 aromatic carbocycles. The third-order valence-corrected chi connectivity index (χ3v) is 5.70. The molecule has 4 rings (SSSR count). The molecule has 0 aliphatic rings. The van der Waals surface area contributed by atoms with Crippen molar-refractivity contribution in [1.29, 1.82) is 5.26 Å². The van der Waals surface area contributed by atoms with E-state index < -0.39 is 10.0 Å². The van der Waals surface area contributed by atoms with Crippen LogP contribution in [-0.2, 0) is 10.0 Å². The molecule has 3 N–H and O–H groups in total. The zero-order valence-corrected chi connectivity index (χ0v) is 16.2. The van der Waals surface area contributed by atoms with Crippen molar-refractivity contribution in [2.75, 3.05) is 10.0 Å². The van der Waals surface area contributed by atoms with Crippen molar-refractivity contribution < 1.29 is 8.42 Å². The molecule has 0 unspecified atom stereocenters. The van der Waals surface area contributed by atoms with Crippen LogP contribution < -0.4 is 10.0 Å². The van der Waals surface area contributed by atoms with Gasteiger partial charge in [-0.2, -0.15) is 5.26 Å². The van der Waals surface area contributed by atoms with E-state index in [2.05, 4.69) is 31.1 Å². The Bertz CT molecular complexity index is 1320. The number of rotatable bonds is 5. The molecule has 29 heavy (non-hydrogen) atoms. The number of nitriles is 1. The molecule has 0 saturated heterocycles. The normalized spacial score (nSPS) is 11.2. The lowest BCUT2D eigenvalue weighted by Crippen LogP contribution is -2.14. The highest BCUT2D eigenvalue weighted by Gasteiger charge is 2.19. The number of aromatic amines is 1. The molecule has 0 aliphatic carbocycles. The maximum atomic E-state index is 12.8. The molecule has 0 amide bonds. The number of anilines is 3. The summed E-state index contributed by atoms with van der Waals surface area (Å²) in [6.45, 7) is 1.86. The number of nitrogens with zero attached hydrogens (tertiary/aromatic N) is 3. The van der Waals surface area contributed by atoms with Crippen LogP contribution in [0.5, 0.6) is 0 Å². The summed E-state index contributed by atoms with van der Waals surface area (Å²) in [4.78, 5) is 11.1. The Morgan fingerprint density at radius 1 is 1.07 bits per heavy atom. The molecule has 2 aromatic heterocycles. The highest BCUT2D eigenvalue weighted by molar-refractivity contribution is 7.92. The third kappa shape index (κ3) is 3.61. The van der Waals surface area contributed by atoms with Gasteiger partial charge in [0.05, 0.1) is 29.2 Å². The number of sulfonamides is 1. The minimum atomic E-state index is -3.91. The first-order chi connectivity index (χ1) is 14.0. The summed E-state index contributed by atoms with van der Waals surface area (Å²) in [5, 5.41) is 12.9. The molecule has 0 bridgehead atoms. The number of H-pyrrole nitrogens is 1. The zero-order chi connectivity index (χ0) is 20.4. The summed E-state index contributed by atoms with van der Waals surface area (Å²) < 4.78 is 28.1. The van der Waals surface area contributed by atoms with E-state index in [-0.39, 0.29) is 10.8 Å². The van der Waals surface area contributed by atoms with Gasteiger partial charge in [0, 0.05) is 17.3 Å². The van der Waals surface area contributed by atoms with Crippen LogP contribution >= 0.6 is 0 Å². The number of aryl methyl sites for hydroxylation is 1. The van der Waals surface area contributed by atoms with Crippen LogP contribution in [-0.4, -0.2) is 23.4 Å². The summed E-state index contributed by atoms with van der Waals surface area (Å²) in [5.74, 6) is 0.288. The van der Waals surface area contributed by atoms with E-state index in [0.717, 1.165) is 11.3 Å². The van der Waals surface area contributed by atoms with Crippen molar-refractivity contribution >= 4 is 38.2 Å². The van der Waals surface area contributed by atoms with Gasteiger partial charge in [0.1, 0.15) is 11.0 Å². The summed E-state index contributed by atoms with van der Waals surface area (Å²) >= 11 is 0. The standard InChI is InChI=1S/C20H16N6O2S/c1-13-7-8-17(19-18(13)14(9-21)10-22-19)26-29(27,28)16-11-23-20(24-12-16)25-15-5-3-2-4-6-15/h2-8,10-12,22,26H,1H3,(H,23,24,25). The van der Waals surface area contributed by atoms with Crippen LogP contribution in [0.2, 0.25) is 0 Å². The minimum absolute atomic E-state index is 0.0723. The van der Waals surface area contributed by atoms with Gasteiger partial charge in [-0.25, -0.2) is 18.4 Å². The highest BCUT2D eigenvalue weighted by atomic mass is 32.2. The molecular weight excluding hydrogens is 388 g/mol. The van der Waals surface area contributed by atoms with Crippen LogP contribution in [0.4, 0.5) is 17.3 Å². The van der Waals surface area contributed by atoms with E-state index in [9.17, 15) is 13.7 Å². The lowest BCUT2D eigenvalue weighted by atomic mass is 10.1. The molecule has 0 fully saturated rings. The maximum absolute atomic E-state index is 12.8. The highest BCUT2D eigenvalue weighted by Crippen LogP contribution is 2.29. The molecule has 0 aliphatic heterocycles. The first-order valence-corrected chi connectivity index (χ1v) is 10.1. The fourth-order valence-corrected chi connectivity index (χ4v) is 3.93. The molecule has 8 nitrogen and oxygen atoms in total. The van der Waals surface area contributed by atoms with Crippen LogP contribution in [0.15, 0.2) is 66.0 Å². The van der Waals surface area contributed by atoms with Crippen molar-refractivity contribution in [2.45, 2.75) is 11.8 Å². The van der Waals surface area contributed by atoms with Gasteiger partial charge in [0.25, 0.3) is 10.0 Å². The topological polar surface area (TPSA) is 124 Å². The van der Waals surface area contributed by atoms with E-state index >= 15 is 0 Å². The predicted molar refractivity (Wildman–Crippen MR) is 110 cm³/mol. The average Bonchev–Trinajstić information content (AvgIpc) is 3.17. The number of benzene rings is 2. The predicted octanol–water partition coefficient (Wildman–Crippen LogP) is 3.68. The fourth-order valence-electron chi connectivity index (χ4n) is 2.97. The largest absolute Gasteiger partial charge is 0.358 e. The lowest BCUT2D eigenvalue weighted by Gasteiger charge is -2.10. The third-order valence-electron chi connectivity index (χ3n) is 4.38. The average molecular weight is 404 g/mol. The summed E-state index contributed by atoms with van der Waals surface area (Å²) in [6, 6.07) is 14.8. The Kier molecular flexibility index (Phi) is 4.62. The van der Waals surface area contributed by atoms with Gasteiger partial charge in [-0.05, 0) is 30.7 Å². The second-order valence-electron chi connectivity index (χ2n) is 6.33. The van der Waals surface area contributed by atoms with Crippen molar-refractivity contribution in [3.63, 3.8) is 0 Å². The summed E-state index contributed by atoms with van der Waals surface area (Å²) in [7, 11) is -3.91. The molecule has 0 saturated carbocycles. The Labute approximate surface area is 167 Å². The van der Waals surface area contributed by atoms with Gasteiger partial charge in [0.15, 0.2) is 0 Å². The monoisotopic (exact) mass is 404 g/mol. The zero-order valence-electron chi connectivity index (χ0n) is 15.3. The maximum Gasteiger partial charge on any atom is 0.265 e. The molecular formula is C20H16N6O2S. The first-order valence-electron chi connectivity index (χ1n) is 8.65. The Morgan fingerprint density at radius 3 is 2.48 bits per heavy atom. The molecule has 9 heteroatoms. The second-order valence-corrected chi connectivity index (χ2v) is 8.02. The van der Waals surface area contributed by atoms with Crippen LogP contribution in [0.3, 0.4) is 0 Å². The Balaban J connectivity index is 1.61. The fraction of sp³-hybridized carbons (Fsp3) is 0.0500. The number of aromatic nitrogens is 3. The number of hydrogen-bond acceptors (Lipinski definition) is 6. The SMILES string of the molecule is Cc1ccc(NS(=O)(=O)c2cnc(Nc3ccccc3)nc2)c2[nH]cc(C#N)c12. The van der Waals surface area contributed by atoms with E-state index in [4.69, 9.17) is 0 Å². The summed E-state index contributed by atoms with van der Waals surface area (Å²) in [6.07, 6.45) is 4.03. The van der Waals surface area contributed by atoms with E-state index in [1.807, 2.05) is 37.3 Å². The number of fused-ring (bicyclic) bond motifs is 1. The molecule has 0 atom stereocenters. The molecule has 0 radical (unpaired) electrons.